The smallest absolute Gasteiger partial charge is 0.262 e. The van der Waals surface area contributed by atoms with Crippen molar-refractivity contribution >= 4 is 22.7 Å². The summed E-state index contributed by atoms with van der Waals surface area (Å²) < 4.78 is 1.78. The summed E-state index contributed by atoms with van der Waals surface area (Å²) in [5.41, 5.74) is 0.686. The third kappa shape index (κ3) is 4.39. The van der Waals surface area contributed by atoms with Gasteiger partial charge in [0.25, 0.3) is 5.56 Å². The van der Waals surface area contributed by atoms with Gasteiger partial charge in [-0.25, -0.2) is 4.98 Å². The van der Waals surface area contributed by atoms with Crippen LogP contribution in [0.15, 0.2) is 34.2 Å². The number of benzene rings is 1. The SMILES string of the molecule is CC(C)CCC[C@H](C)n1c(S[C@@H](C)C#N)nc2ccccc2c1=O. The summed E-state index contributed by atoms with van der Waals surface area (Å²) in [5, 5.41) is 10.2. The van der Waals surface area contributed by atoms with Crippen molar-refractivity contribution in [1.82, 2.24) is 9.55 Å². The zero-order chi connectivity index (χ0) is 17.7. The van der Waals surface area contributed by atoms with Crippen LogP contribution in [-0.2, 0) is 0 Å². The molecular weight excluding hydrogens is 318 g/mol. The maximum atomic E-state index is 13.0. The minimum absolute atomic E-state index is 0.00899. The van der Waals surface area contributed by atoms with Gasteiger partial charge in [0.05, 0.1) is 22.2 Å². The number of para-hydroxylation sites is 1. The van der Waals surface area contributed by atoms with E-state index < -0.39 is 0 Å². The number of fused-ring (bicyclic) bond motifs is 1. The first kappa shape index (κ1) is 18.5. The average molecular weight is 343 g/mol. The number of thioether (sulfide) groups is 1. The lowest BCUT2D eigenvalue weighted by Crippen LogP contribution is -2.27. The molecule has 0 spiro atoms. The average Bonchev–Trinajstić information content (AvgIpc) is 2.54. The molecule has 2 rings (SSSR count). The summed E-state index contributed by atoms with van der Waals surface area (Å²) in [4.78, 5) is 17.6. The number of nitrogens with zero attached hydrogens (tertiary/aromatic N) is 3. The molecule has 1 aromatic carbocycles. The highest BCUT2D eigenvalue weighted by Crippen LogP contribution is 2.26. The fourth-order valence-corrected chi connectivity index (χ4v) is 3.63. The van der Waals surface area contributed by atoms with Crippen molar-refractivity contribution in [2.45, 2.75) is 63.4 Å². The lowest BCUT2D eigenvalue weighted by molar-refractivity contribution is 0.413. The highest BCUT2D eigenvalue weighted by Gasteiger charge is 2.18. The molecule has 0 saturated heterocycles. The predicted octanol–water partition coefficient (Wildman–Crippen LogP) is 4.79. The molecule has 1 aromatic heterocycles. The molecule has 4 nitrogen and oxygen atoms in total. The summed E-state index contributed by atoms with van der Waals surface area (Å²) in [6.07, 6.45) is 3.17. The molecule has 0 fully saturated rings. The van der Waals surface area contributed by atoms with Crippen LogP contribution in [0.2, 0.25) is 0 Å². The van der Waals surface area contributed by atoms with Gasteiger partial charge in [0.1, 0.15) is 0 Å². The molecule has 0 aliphatic carbocycles. The summed E-state index contributed by atoms with van der Waals surface area (Å²) in [5.74, 6) is 0.663. The molecule has 0 unspecified atom stereocenters. The van der Waals surface area contributed by atoms with Gasteiger partial charge in [0, 0.05) is 6.04 Å². The van der Waals surface area contributed by atoms with Gasteiger partial charge in [-0.3, -0.25) is 9.36 Å². The lowest BCUT2D eigenvalue weighted by Gasteiger charge is -2.20. The standard InChI is InChI=1S/C19H25N3OS/c1-13(2)8-7-9-14(3)22-18(23)16-10-5-6-11-17(16)21-19(22)24-15(4)12-20/h5-6,10-11,13-15H,7-9H2,1-4H3/t14-,15-/m0/s1. The lowest BCUT2D eigenvalue weighted by atomic mass is 10.0. The van der Waals surface area contributed by atoms with Crippen molar-refractivity contribution < 1.29 is 0 Å². The molecule has 0 saturated carbocycles. The van der Waals surface area contributed by atoms with Crippen molar-refractivity contribution in [2.75, 3.05) is 0 Å². The van der Waals surface area contributed by atoms with Crippen LogP contribution in [0.25, 0.3) is 10.9 Å². The Bertz CT molecular complexity index is 791. The van der Waals surface area contributed by atoms with Gasteiger partial charge in [-0.15, -0.1) is 0 Å². The largest absolute Gasteiger partial charge is 0.284 e. The molecule has 128 valence electrons. The van der Waals surface area contributed by atoms with Gasteiger partial charge in [0.2, 0.25) is 0 Å². The second kappa shape index (κ2) is 8.34. The van der Waals surface area contributed by atoms with Gasteiger partial charge in [0.15, 0.2) is 5.16 Å². The highest BCUT2D eigenvalue weighted by molar-refractivity contribution is 8.00. The van der Waals surface area contributed by atoms with E-state index >= 15 is 0 Å². The number of hydrogen-bond acceptors (Lipinski definition) is 4. The van der Waals surface area contributed by atoms with E-state index in [0.717, 1.165) is 19.3 Å². The van der Waals surface area contributed by atoms with Crippen LogP contribution in [0.3, 0.4) is 0 Å². The second-order valence-corrected chi connectivity index (χ2v) is 7.96. The Kier molecular flexibility index (Phi) is 6.44. The molecule has 0 aliphatic heterocycles. The van der Waals surface area contributed by atoms with Crippen LogP contribution in [0.1, 0.15) is 53.0 Å². The Hall–Kier alpha value is -1.80. The first-order valence-electron chi connectivity index (χ1n) is 8.51. The number of rotatable bonds is 7. The molecule has 5 heteroatoms. The van der Waals surface area contributed by atoms with Crippen molar-refractivity contribution in [3.8, 4) is 6.07 Å². The van der Waals surface area contributed by atoms with Crippen molar-refractivity contribution in [1.29, 1.82) is 5.26 Å². The second-order valence-electron chi connectivity index (χ2n) is 6.65. The van der Waals surface area contributed by atoms with Crippen LogP contribution in [0, 0.1) is 17.2 Å². The maximum absolute atomic E-state index is 13.0. The van der Waals surface area contributed by atoms with E-state index in [1.165, 1.54) is 11.8 Å². The fraction of sp³-hybridized carbons (Fsp3) is 0.526. The summed E-state index contributed by atoms with van der Waals surface area (Å²) in [6.45, 7) is 8.33. The van der Waals surface area contributed by atoms with Gasteiger partial charge >= 0.3 is 0 Å². The summed E-state index contributed by atoms with van der Waals surface area (Å²) >= 11 is 1.36. The molecule has 0 bridgehead atoms. The topological polar surface area (TPSA) is 58.7 Å². The minimum atomic E-state index is -0.243. The number of hydrogen-bond donors (Lipinski definition) is 0. The Morgan fingerprint density at radius 2 is 1.92 bits per heavy atom. The van der Waals surface area contributed by atoms with Gasteiger partial charge in [-0.2, -0.15) is 5.26 Å². The number of aromatic nitrogens is 2. The van der Waals surface area contributed by atoms with Gasteiger partial charge < -0.3 is 0 Å². The van der Waals surface area contributed by atoms with E-state index in [9.17, 15) is 4.79 Å². The molecule has 2 atom stereocenters. The Morgan fingerprint density at radius 1 is 1.21 bits per heavy atom. The number of nitriles is 1. The van der Waals surface area contributed by atoms with Crippen LogP contribution in [0.4, 0.5) is 0 Å². The van der Waals surface area contributed by atoms with E-state index in [2.05, 4.69) is 31.8 Å². The zero-order valence-corrected chi connectivity index (χ0v) is 15.6. The van der Waals surface area contributed by atoms with Crippen molar-refractivity contribution in [3.05, 3.63) is 34.6 Å². The first-order valence-corrected chi connectivity index (χ1v) is 9.39. The normalized spacial score (nSPS) is 13.8. The molecule has 0 aliphatic rings. The predicted molar refractivity (Wildman–Crippen MR) is 100 cm³/mol. The quantitative estimate of drug-likeness (QED) is 0.536. The van der Waals surface area contributed by atoms with E-state index in [-0.39, 0.29) is 16.9 Å². The molecule has 0 radical (unpaired) electrons. The molecule has 1 heterocycles. The minimum Gasteiger partial charge on any atom is -0.284 e. The third-order valence-corrected chi connectivity index (χ3v) is 5.04. The fourth-order valence-electron chi connectivity index (χ4n) is 2.73. The van der Waals surface area contributed by atoms with Crippen LogP contribution >= 0.6 is 11.8 Å². The van der Waals surface area contributed by atoms with Crippen molar-refractivity contribution in [2.24, 2.45) is 5.92 Å². The molecule has 0 amide bonds. The van der Waals surface area contributed by atoms with Gasteiger partial charge in [-0.1, -0.05) is 50.6 Å². The van der Waals surface area contributed by atoms with E-state index in [0.29, 0.717) is 22.0 Å². The monoisotopic (exact) mass is 343 g/mol. The Balaban J connectivity index is 2.44. The van der Waals surface area contributed by atoms with Crippen LogP contribution in [0.5, 0.6) is 0 Å². The Morgan fingerprint density at radius 3 is 2.58 bits per heavy atom. The van der Waals surface area contributed by atoms with Crippen LogP contribution < -0.4 is 5.56 Å². The molecule has 2 aromatic rings. The van der Waals surface area contributed by atoms with E-state index in [4.69, 9.17) is 5.26 Å². The van der Waals surface area contributed by atoms with Crippen molar-refractivity contribution in [3.63, 3.8) is 0 Å². The Labute approximate surface area is 147 Å². The summed E-state index contributed by atoms with van der Waals surface area (Å²) in [7, 11) is 0. The highest BCUT2D eigenvalue weighted by atomic mass is 32.2. The maximum Gasteiger partial charge on any atom is 0.262 e. The van der Waals surface area contributed by atoms with Crippen LogP contribution in [-0.4, -0.2) is 14.8 Å². The summed E-state index contributed by atoms with van der Waals surface area (Å²) in [6, 6.07) is 9.71. The molecule has 24 heavy (non-hydrogen) atoms. The molecule has 0 N–H and O–H groups in total. The van der Waals surface area contributed by atoms with E-state index in [1.54, 1.807) is 4.57 Å². The zero-order valence-electron chi connectivity index (χ0n) is 14.8. The van der Waals surface area contributed by atoms with Gasteiger partial charge in [-0.05, 0) is 38.3 Å². The molecular formula is C19H25N3OS. The van der Waals surface area contributed by atoms with E-state index in [1.807, 2.05) is 31.2 Å². The third-order valence-electron chi connectivity index (χ3n) is 4.08. The first-order chi connectivity index (χ1) is 11.4.